The van der Waals surface area contributed by atoms with Gasteiger partial charge in [-0.2, -0.15) is 5.10 Å². The molecule has 0 N–H and O–H groups in total. The number of fused-ring (bicyclic) bond motifs is 1. The number of pyridine rings is 1. The van der Waals surface area contributed by atoms with E-state index in [1.807, 2.05) is 41.9 Å². The van der Waals surface area contributed by atoms with Gasteiger partial charge in [0.15, 0.2) is 0 Å². The first-order chi connectivity index (χ1) is 14.5. The summed E-state index contributed by atoms with van der Waals surface area (Å²) in [5.41, 5.74) is 4.92. The van der Waals surface area contributed by atoms with E-state index in [1.54, 1.807) is 11.1 Å². The lowest BCUT2D eigenvalue weighted by Gasteiger charge is -2.27. The van der Waals surface area contributed by atoms with Crippen LogP contribution in [0, 0.1) is 13.8 Å². The van der Waals surface area contributed by atoms with Crippen LogP contribution in [-0.2, 0) is 22.6 Å². The van der Waals surface area contributed by atoms with E-state index in [4.69, 9.17) is 0 Å². The number of rotatable bonds is 6. The zero-order valence-corrected chi connectivity index (χ0v) is 17.5. The maximum absolute atomic E-state index is 12.7. The third-order valence-corrected chi connectivity index (χ3v) is 5.37. The molecule has 3 heterocycles. The molecule has 0 aliphatic carbocycles. The Morgan fingerprint density at radius 1 is 1.03 bits per heavy atom. The SMILES string of the molecule is Cc1cccc(-c2ccc(CC(=O)CCC(=O)N3CCCn4nc(C)cc43)cn2)c1. The van der Waals surface area contributed by atoms with E-state index in [-0.39, 0.29) is 24.5 Å². The topological polar surface area (TPSA) is 68.1 Å². The Bertz CT molecular complexity index is 1070. The van der Waals surface area contributed by atoms with Crippen molar-refractivity contribution in [2.75, 3.05) is 11.4 Å². The van der Waals surface area contributed by atoms with Crippen molar-refractivity contribution < 1.29 is 9.59 Å². The fourth-order valence-electron chi connectivity index (χ4n) is 3.86. The van der Waals surface area contributed by atoms with Crippen molar-refractivity contribution in [3.05, 3.63) is 65.5 Å². The Hall–Kier alpha value is -3.28. The monoisotopic (exact) mass is 402 g/mol. The van der Waals surface area contributed by atoms with E-state index in [1.165, 1.54) is 5.56 Å². The Balaban J connectivity index is 1.32. The summed E-state index contributed by atoms with van der Waals surface area (Å²) in [7, 11) is 0. The lowest BCUT2D eigenvalue weighted by atomic mass is 10.0. The number of benzene rings is 1. The first kappa shape index (κ1) is 20.0. The number of carbonyl (C=O) groups is 2. The smallest absolute Gasteiger partial charge is 0.228 e. The number of anilines is 1. The molecule has 154 valence electrons. The van der Waals surface area contributed by atoms with Crippen molar-refractivity contribution in [3.8, 4) is 11.3 Å². The molecular weight excluding hydrogens is 376 g/mol. The van der Waals surface area contributed by atoms with Crippen LogP contribution < -0.4 is 4.90 Å². The lowest BCUT2D eigenvalue weighted by Crippen LogP contribution is -2.37. The van der Waals surface area contributed by atoms with E-state index in [0.29, 0.717) is 13.0 Å². The summed E-state index contributed by atoms with van der Waals surface area (Å²) in [4.78, 5) is 31.4. The molecule has 3 aromatic rings. The number of amides is 1. The molecule has 30 heavy (non-hydrogen) atoms. The highest BCUT2D eigenvalue weighted by Crippen LogP contribution is 2.23. The molecule has 0 fully saturated rings. The van der Waals surface area contributed by atoms with Crippen LogP contribution in [0.25, 0.3) is 11.3 Å². The second-order valence-electron chi connectivity index (χ2n) is 7.90. The Morgan fingerprint density at radius 3 is 2.67 bits per heavy atom. The number of hydrogen-bond acceptors (Lipinski definition) is 4. The van der Waals surface area contributed by atoms with Gasteiger partial charge in [0, 0.05) is 50.2 Å². The molecular formula is C24H26N4O2. The number of ketones is 1. The van der Waals surface area contributed by atoms with E-state index in [0.717, 1.165) is 41.3 Å². The van der Waals surface area contributed by atoms with Gasteiger partial charge in [-0.15, -0.1) is 0 Å². The third-order valence-electron chi connectivity index (χ3n) is 5.37. The second-order valence-corrected chi connectivity index (χ2v) is 7.90. The van der Waals surface area contributed by atoms with Gasteiger partial charge in [-0.1, -0.05) is 29.8 Å². The van der Waals surface area contributed by atoms with Gasteiger partial charge < -0.3 is 0 Å². The van der Waals surface area contributed by atoms with E-state index < -0.39 is 0 Å². The highest BCUT2D eigenvalue weighted by molar-refractivity contribution is 5.95. The zero-order valence-electron chi connectivity index (χ0n) is 17.5. The standard InChI is InChI=1S/C24H26N4O2/c1-17-5-3-6-20(13-17)22-9-7-19(16-25-22)15-21(29)8-10-24(30)27-11-4-12-28-23(27)14-18(2)26-28/h3,5-7,9,13-14,16H,4,8,10-12,15H2,1-2H3. The highest BCUT2D eigenvalue weighted by Gasteiger charge is 2.24. The van der Waals surface area contributed by atoms with Crippen LogP contribution in [0.4, 0.5) is 5.82 Å². The molecule has 1 aliphatic rings. The summed E-state index contributed by atoms with van der Waals surface area (Å²) in [5, 5.41) is 4.42. The predicted molar refractivity (Wildman–Crippen MR) is 116 cm³/mol. The molecule has 6 nitrogen and oxygen atoms in total. The van der Waals surface area contributed by atoms with Crippen molar-refractivity contribution in [1.82, 2.24) is 14.8 Å². The molecule has 0 saturated heterocycles. The molecule has 0 spiro atoms. The number of hydrogen-bond donors (Lipinski definition) is 0. The van der Waals surface area contributed by atoms with Crippen LogP contribution in [0.3, 0.4) is 0 Å². The van der Waals surface area contributed by atoms with Crippen LogP contribution >= 0.6 is 0 Å². The molecule has 0 radical (unpaired) electrons. The van der Waals surface area contributed by atoms with Crippen molar-refractivity contribution in [3.63, 3.8) is 0 Å². The first-order valence-corrected chi connectivity index (χ1v) is 10.4. The molecule has 4 rings (SSSR count). The lowest BCUT2D eigenvalue weighted by molar-refractivity contribution is -0.123. The first-order valence-electron chi connectivity index (χ1n) is 10.4. The summed E-state index contributed by atoms with van der Waals surface area (Å²) in [5.74, 6) is 0.874. The van der Waals surface area contributed by atoms with Crippen molar-refractivity contribution >= 4 is 17.5 Å². The van der Waals surface area contributed by atoms with Crippen molar-refractivity contribution in [2.24, 2.45) is 0 Å². The van der Waals surface area contributed by atoms with Crippen molar-refractivity contribution in [1.29, 1.82) is 0 Å². The van der Waals surface area contributed by atoms with E-state index in [2.05, 4.69) is 29.1 Å². The quantitative estimate of drug-likeness (QED) is 0.627. The van der Waals surface area contributed by atoms with E-state index in [9.17, 15) is 9.59 Å². The Morgan fingerprint density at radius 2 is 1.90 bits per heavy atom. The molecule has 2 aromatic heterocycles. The van der Waals surface area contributed by atoms with Gasteiger partial charge in [-0.25, -0.2) is 4.68 Å². The van der Waals surface area contributed by atoms with Gasteiger partial charge in [0.2, 0.25) is 5.91 Å². The fourth-order valence-corrected chi connectivity index (χ4v) is 3.86. The largest absolute Gasteiger partial charge is 0.299 e. The van der Waals surface area contributed by atoms with E-state index >= 15 is 0 Å². The maximum Gasteiger partial charge on any atom is 0.228 e. The van der Waals surface area contributed by atoms with Gasteiger partial charge in [-0.05, 0) is 38.0 Å². The van der Waals surface area contributed by atoms with Gasteiger partial charge in [0.1, 0.15) is 11.6 Å². The summed E-state index contributed by atoms with van der Waals surface area (Å²) < 4.78 is 1.88. The number of aromatic nitrogens is 3. The Kier molecular flexibility index (Phi) is 5.74. The second kappa shape index (κ2) is 8.61. The average Bonchev–Trinajstić information content (AvgIpc) is 3.12. The molecule has 0 bridgehead atoms. The molecule has 1 amide bonds. The normalized spacial score (nSPS) is 13.2. The molecule has 0 atom stereocenters. The van der Waals surface area contributed by atoms with Gasteiger partial charge in [0.25, 0.3) is 0 Å². The molecule has 1 aromatic carbocycles. The molecule has 0 saturated carbocycles. The minimum atomic E-state index is -0.0166. The van der Waals surface area contributed by atoms with Crippen LogP contribution in [-0.4, -0.2) is 33.0 Å². The summed E-state index contributed by atoms with van der Waals surface area (Å²) >= 11 is 0. The number of nitrogens with zero attached hydrogens (tertiary/aromatic N) is 4. The zero-order chi connectivity index (χ0) is 21.1. The summed E-state index contributed by atoms with van der Waals surface area (Å²) in [6.07, 6.45) is 3.39. The maximum atomic E-state index is 12.7. The fraction of sp³-hybridized carbons (Fsp3) is 0.333. The van der Waals surface area contributed by atoms with Crippen LogP contribution in [0.1, 0.15) is 36.1 Å². The van der Waals surface area contributed by atoms with Crippen LogP contribution in [0.5, 0.6) is 0 Å². The number of aryl methyl sites for hydroxylation is 3. The highest BCUT2D eigenvalue weighted by atomic mass is 16.2. The van der Waals surface area contributed by atoms with Crippen LogP contribution in [0.15, 0.2) is 48.7 Å². The van der Waals surface area contributed by atoms with Gasteiger partial charge in [0.05, 0.1) is 11.4 Å². The summed E-state index contributed by atoms with van der Waals surface area (Å²) in [6, 6.07) is 14.0. The molecule has 0 unspecified atom stereocenters. The molecule has 1 aliphatic heterocycles. The third kappa shape index (κ3) is 4.48. The Labute approximate surface area is 176 Å². The van der Waals surface area contributed by atoms with Gasteiger partial charge in [-0.3, -0.25) is 19.5 Å². The van der Waals surface area contributed by atoms with Gasteiger partial charge >= 0.3 is 0 Å². The average molecular weight is 402 g/mol. The van der Waals surface area contributed by atoms with Crippen molar-refractivity contribution in [2.45, 2.75) is 46.1 Å². The number of Topliss-reactive ketones (excluding diaryl/α,β-unsaturated/α-hetero) is 1. The minimum absolute atomic E-state index is 0.0166. The predicted octanol–water partition coefficient (Wildman–Crippen LogP) is 3.89. The minimum Gasteiger partial charge on any atom is -0.299 e. The van der Waals surface area contributed by atoms with Crippen LogP contribution in [0.2, 0.25) is 0 Å². The summed E-state index contributed by atoms with van der Waals surface area (Å²) in [6.45, 7) is 5.49. The number of carbonyl (C=O) groups excluding carboxylic acids is 2. The molecule has 6 heteroatoms.